The summed E-state index contributed by atoms with van der Waals surface area (Å²) in [5.74, 6) is 1.69. The van der Waals surface area contributed by atoms with Crippen LogP contribution in [0, 0.1) is 6.92 Å². The molecule has 3 rings (SSSR count). The Morgan fingerprint density at radius 3 is 2.89 bits per heavy atom. The lowest BCUT2D eigenvalue weighted by molar-refractivity contribution is 0.563. The molecule has 0 aromatic carbocycles. The molecule has 0 N–H and O–H groups in total. The second kappa shape index (κ2) is 4.72. The maximum Gasteiger partial charge on any atom is 0.178 e. The van der Waals surface area contributed by atoms with Crippen LogP contribution in [0.4, 0.5) is 5.82 Å². The molecule has 0 unspecified atom stereocenters. The third kappa shape index (κ3) is 2.16. The van der Waals surface area contributed by atoms with Crippen molar-refractivity contribution < 1.29 is 4.42 Å². The highest BCUT2D eigenvalue weighted by Gasteiger charge is 2.10. The molecule has 0 amide bonds. The molecule has 6 heteroatoms. The van der Waals surface area contributed by atoms with Crippen LogP contribution in [0.15, 0.2) is 35.1 Å². The number of anilines is 1. The van der Waals surface area contributed by atoms with E-state index in [4.69, 9.17) is 4.42 Å². The highest BCUT2D eigenvalue weighted by Crippen LogP contribution is 2.15. The first-order valence-corrected chi connectivity index (χ1v) is 6.23. The van der Waals surface area contributed by atoms with Gasteiger partial charge < -0.3 is 9.32 Å². The average molecular weight is 257 g/mol. The normalized spacial score (nSPS) is 11.1. The van der Waals surface area contributed by atoms with E-state index in [2.05, 4.69) is 27.1 Å². The molecule has 0 saturated heterocycles. The molecule has 0 bridgehead atoms. The molecule has 0 spiro atoms. The number of fused-ring (bicyclic) bond motifs is 1. The zero-order valence-corrected chi connectivity index (χ0v) is 10.9. The third-order valence-corrected chi connectivity index (χ3v) is 3.06. The summed E-state index contributed by atoms with van der Waals surface area (Å²) in [6.45, 7) is 5.63. The summed E-state index contributed by atoms with van der Waals surface area (Å²) in [7, 11) is 0. The van der Waals surface area contributed by atoms with Crippen molar-refractivity contribution in [2.24, 2.45) is 0 Å². The van der Waals surface area contributed by atoms with E-state index in [0.29, 0.717) is 0 Å². The van der Waals surface area contributed by atoms with E-state index in [1.54, 1.807) is 17.0 Å². The smallest absolute Gasteiger partial charge is 0.178 e. The van der Waals surface area contributed by atoms with E-state index in [0.717, 1.165) is 35.9 Å². The number of rotatable bonds is 4. The van der Waals surface area contributed by atoms with Gasteiger partial charge in [-0.25, -0.2) is 0 Å². The zero-order valence-electron chi connectivity index (χ0n) is 10.9. The minimum Gasteiger partial charge on any atom is -0.472 e. The fourth-order valence-electron chi connectivity index (χ4n) is 2.01. The van der Waals surface area contributed by atoms with Crippen molar-refractivity contribution in [3.63, 3.8) is 0 Å². The summed E-state index contributed by atoms with van der Waals surface area (Å²) in [4.78, 5) is 2.17. The van der Waals surface area contributed by atoms with Gasteiger partial charge in [0.05, 0.1) is 12.5 Å². The van der Waals surface area contributed by atoms with Gasteiger partial charge in [-0.1, -0.05) is 0 Å². The van der Waals surface area contributed by atoms with Gasteiger partial charge in [0, 0.05) is 18.7 Å². The molecule has 3 aromatic rings. The summed E-state index contributed by atoms with van der Waals surface area (Å²) >= 11 is 0. The predicted molar refractivity (Wildman–Crippen MR) is 71.0 cm³/mol. The molecular formula is C13H15N5O. The Morgan fingerprint density at radius 2 is 2.16 bits per heavy atom. The second-order valence-electron chi connectivity index (χ2n) is 4.35. The first-order chi connectivity index (χ1) is 9.28. The lowest BCUT2D eigenvalue weighted by Gasteiger charge is -2.20. The molecule has 0 radical (unpaired) electrons. The first kappa shape index (κ1) is 11.7. The zero-order chi connectivity index (χ0) is 13.2. The molecule has 98 valence electrons. The molecule has 0 aliphatic carbocycles. The van der Waals surface area contributed by atoms with Crippen LogP contribution < -0.4 is 4.90 Å². The fraction of sp³-hybridized carbons (Fsp3) is 0.308. The number of aryl methyl sites for hydroxylation is 1. The number of aromatic nitrogens is 4. The van der Waals surface area contributed by atoms with Crippen molar-refractivity contribution in [2.75, 3.05) is 11.4 Å². The summed E-state index contributed by atoms with van der Waals surface area (Å²) in [5, 5.41) is 12.6. The Labute approximate surface area is 110 Å². The van der Waals surface area contributed by atoms with E-state index in [1.807, 2.05) is 25.1 Å². The average Bonchev–Trinajstić information content (AvgIpc) is 3.06. The minimum absolute atomic E-state index is 0.764. The lowest BCUT2D eigenvalue weighted by atomic mass is 10.3. The van der Waals surface area contributed by atoms with Crippen LogP contribution in [0.2, 0.25) is 0 Å². The van der Waals surface area contributed by atoms with E-state index in [-0.39, 0.29) is 0 Å². The van der Waals surface area contributed by atoms with Crippen LogP contribution in [-0.2, 0) is 6.54 Å². The van der Waals surface area contributed by atoms with Crippen LogP contribution in [-0.4, -0.2) is 26.4 Å². The van der Waals surface area contributed by atoms with E-state index in [1.165, 1.54) is 0 Å². The molecule has 3 heterocycles. The Kier molecular flexibility index (Phi) is 2.91. The highest BCUT2D eigenvalue weighted by atomic mass is 16.3. The first-order valence-electron chi connectivity index (χ1n) is 6.23. The minimum atomic E-state index is 0.764. The lowest BCUT2D eigenvalue weighted by Crippen LogP contribution is -2.23. The number of furan rings is 1. The third-order valence-electron chi connectivity index (χ3n) is 3.06. The molecular weight excluding hydrogens is 242 g/mol. The topological polar surface area (TPSA) is 59.5 Å². The van der Waals surface area contributed by atoms with Crippen molar-refractivity contribution in [3.05, 3.63) is 42.1 Å². The maximum absolute atomic E-state index is 5.10. The van der Waals surface area contributed by atoms with Crippen LogP contribution in [0.1, 0.15) is 18.3 Å². The van der Waals surface area contributed by atoms with Gasteiger partial charge in [0.2, 0.25) is 0 Å². The van der Waals surface area contributed by atoms with Crippen molar-refractivity contribution in [3.8, 4) is 0 Å². The van der Waals surface area contributed by atoms with E-state index in [9.17, 15) is 0 Å². The Bertz CT molecular complexity index is 673. The van der Waals surface area contributed by atoms with Crippen LogP contribution >= 0.6 is 0 Å². The van der Waals surface area contributed by atoms with Crippen molar-refractivity contribution in [2.45, 2.75) is 20.4 Å². The van der Waals surface area contributed by atoms with Gasteiger partial charge in [-0.3, -0.25) is 0 Å². The quantitative estimate of drug-likeness (QED) is 0.716. The summed E-state index contributed by atoms with van der Waals surface area (Å²) in [5.41, 5.74) is 1.89. The van der Waals surface area contributed by atoms with Gasteiger partial charge in [-0.2, -0.15) is 4.52 Å². The molecule has 0 fully saturated rings. The number of hydrogen-bond donors (Lipinski definition) is 0. The molecule has 0 aliphatic heterocycles. The molecule has 6 nitrogen and oxygen atoms in total. The van der Waals surface area contributed by atoms with Gasteiger partial charge >= 0.3 is 0 Å². The standard InChI is InChI=1S/C13H15N5O/c1-3-17(8-11-6-7-19-9-11)13-5-4-12-15-14-10(2)18(12)16-13/h4-7,9H,3,8H2,1-2H3. The van der Waals surface area contributed by atoms with Gasteiger partial charge in [-0.05, 0) is 32.0 Å². The monoisotopic (exact) mass is 257 g/mol. The van der Waals surface area contributed by atoms with Crippen molar-refractivity contribution >= 4 is 11.5 Å². The molecule has 0 aliphatic rings. The summed E-state index contributed by atoms with van der Waals surface area (Å²) < 4.78 is 6.86. The van der Waals surface area contributed by atoms with E-state index >= 15 is 0 Å². The second-order valence-corrected chi connectivity index (χ2v) is 4.35. The van der Waals surface area contributed by atoms with Gasteiger partial charge in [0.25, 0.3) is 0 Å². The Balaban J connectivity index is 1.94. The maximum atomic E-state index is 5.10. The fourth-order valence-corrected chi connectivity index (χ4v) is 2.01. The Morgan fingerprint density at radius 1 is 1.26 bits per heavy atom. The van der Waals surface area contributed by atoms with Gasteiger partial charge in [-0.15, -0.1) is 15.3 Å². The van der Waals surface area contributed by atoms with Crippen molar-refractivity contribution in [1.29, 1.82) is 0 Å². The summed E-state index contributed by atoms with van der Waals surface area (Å²) in [6.07, 6.45) is 3.44. The number of nitrogens with zero attached hydrogens (tertiary/aromatic N) is 5. The van der Waals surface area contributed by atoms with Crippen LogP contribution in [0.5, 0.6) is 0 Å². The molecule has 3 aromatic heterocycles. The molecule has 0 saturated carbocycles. The van der Waals surface area contributed by atoms with Crippen LogP contribution in [0.3, 0.4) is 0 Å². The number of hydrogen-bond acceptors (Lipinski definition) is 5. The SMILES string of the molecule is CCN(Cc1ccoc1)c1ccc2nnc(C)n2n1. The van der Waals surface area contributed by atoms with E-state index < -0.39 is 0 Å². The largest absolute Gasteiger partial charge is 0.472 e. The predicted octanol–water partition coefficient (Wildman–Crippen LogP) is 2.05. The molecule has 0 atom stereocenters. The molecule has 19 heavy (non-hydrogen) atoms. The van der Waals surface area contributed by atoms with Crippen LogP contribution in [0.25, 0.3) is 5.65 Å². The van der Waals surface area contributed by atoms with Gasteiger partial charge in [0.1, 0.15) is 5.82 Å². The van der Waals surface area contributed by atoms with Crippen molar-refractivity contribution in [1.82, 2.24) is 19.8 Å². The Hall–Kier alpha value is -2.37. The van der Waals surface area contributed by atoms with Gasteiger partial charge in [0.15, 0.2) is 11.5 Å². The summed E-state index contributed by atoms with van der Waals surface area (Å²) in [6, 6.07) is 5.86. The highest BCUT2D eigenvalue weighted by molar-refractivity contribution is 5.46.